The number of para-hydroxylation sites is 1. The van der Waals surface area contributed by atoms with E-state index in [-0.39, 0.29) is 5.54 Å². The van der Waals surface area contributed by atoms with Gasteiger partial charge in [0.1, 0.15) is 0 Å². The van der Waals surface area contributed by atoms with Crippen LogP contribution in [0.3, 0.4) is 0 Å². The third kappa shape index (κ3) is 2.63. The summed E-state index contributed by atoms with van der Waals surface area (Å²) in [4.78, 5) is 2.38. The molecular weight excluding hydrogens is 208 g/mol. The zero-order valence-electron chi connectivity index (χ0n) is 11.2. The fourth-order valence-corrected chi connectivity index (χ4v) is 2.53. The standard InChI is InChI=1S/C15H24N2/c1-12-6-4-5-7-14(12)17(3)15(2,11-16)10-13-8-9-13/h4-7,13H,8-11,16H2,1-3H3. The van der Waals surface area contributed by atoms with Crippen LogP contribution in [0.25, 0.3) is 0 Å². The first-order valence-corrected chi connectivity index (χ1v) is 6.56. The van der Waals surface area contributed by atoms with Gasteiger partial charge in [-0.05, 0) is 37.8 Å². The Kier molecular flexibility index (Phi) is 3.43. The molecule has 1 aromatic rings. The van der Waals surface area contributed by atoms with Crippen molar-refractivity contribution in [2.24, 2.45) is 11.7 Å². The lowest BCUT2D eigenvalue weighted by Gasteiger charge is -2.41. The molecule has 1 unspecified atom stereocenters. The summed E-state index contributed by atoms with van der Waals surface area (Å²) >= 11 is 0. The number of aryl methyl sites for hydroxylation is 1. The molecule has 1 aliphatic rings. The molecule has 2 heteroatoms. The molecule has 0 amide bonds. The maximum atomic E-state index is 6.03. The molecule has 0 bridgehead atoms. The predicted molar refractivity (Wildman–Crippen MR) is 74.4 cm³/mol. The highest BCUT2D eigenvalue weighted by molar-refractivity contribution is 5.54. The Balaban J connectivity index is 2.21. The van der Waals surface area contributed by atoms with E-state index < -0.39 is 0 Å². The van der Waals surface area contributed by atoms with E-state index in [2.05, 4.69) is 50.1 Å². The van der Waals surface area contributed by atoms with Crippen LogP contribution in [0.1, 0.15) is 31.7 Å². The van der Waals surface area contributed by atoms with Crippen molar-refractivity contribution in [1.82, 2.24) is 0 Å². The number of hydrogen-bond donors (Lipinski definition) is 1. The number of nitrogens with two attached hydrogens (primary N) is 1. The van der Waals surface area contributed by atoms with E-state index in [0.717, 1.165) is 5.92 Å². The molecule has 1 aromatic carbocycles. The fraction of sp³-hybridized carbons (Fsp3) is 0.600. The molecule has 2 N–H and O–H groups in total. The topological polar surface area (TPSA) is 29.3 Å². The van der Waals surface area contributed by atoms with Gasteiger partial charge < -0.3 is 10.6 Å². The highest BCUT2D eigenvalue weighted by atomic mass is 15.2. The number of nitrogens with zero attached hydrogens (tertiary/aromatic N) is 1. The van der Waals surface area contributed by atoms with E-state index >= 15 is 0 Å². The van der Waals surface area contributed by atoms with Gasteiger partial charge in [-0.15, -0.1) is 0 Å². The Morgan fingerprint density at radius 3 is 2.53 bits per heavy atom. The molecule has 2 rings (SSSR count). The van der Waals surface area contributed by atoms with E-state index in [1.165, 1.54) is 30.5 Å². The zero-order chi connectivity index (χ0) is 12.5. The minimum absolute atomic E-state index is 0.0906. The molecule has 1 fully saturated rings. The SMILES string of the molecule is Cc1ccccc1N(C)C(C)(CN)CC1CC1. The number of benzene rings is 1. The molecule has 17 heavy (non-hydrogen) atoms. The maximum absolute atomic E-state index is 6.03. The number of likely N-dealkylation sites (N-methyl/N-ethyl adjacent to an activating group) is 1. The van der Waals surface area contributed by atoms with Crippen LogP contribution >= 0.6 is 0 Å². The van der Waals surface area contributed by atoms with Crippen molar-refractivity contribution in [1.29, 1.82) is 0 Å². The minimum Gasteiger partial charge on any atom is -0.368 e. The van der Waals surface area contributed by atoms with Crippen molar-refractivity contribution in [2.75, 3.05) is 18.5 Å². The largest absolute Gasteiger partial charge is 0.368 e. The van der Waals surface area contributed by atoms with Gasteiger partial charge in [0.2, 0.25) is 0 Å². The number of rotatable bonds is 5. The lowest BCUT2D eigenvalue weighted by atomic mass is 9.92. The quantitative estimate of drug-likeness (QED) is 0.845. The molecule has 0 radical (unpaired) electrons. The van der Waals surface area contributed by atoms with Gasteiger partial charge in [-0.3, -0.25) is 0 Å². The van der Waals surface area contributed by atoms with Crippen LogP contribution in [0.15, 0.2) is 24.3 Å². The molecule has 1 atom stereocenters. The summed E-state index contributed by atoms with van der Waals surface area (Å²) in [7, 11) is 2.18. The fourth-order valence-electron chi connectivity index (χ4n) is 2.53. The molecule has 0 aromatic heterocycles. The van der Waals surface area contributed by atoms with Crippen LogP contribution in [0, 0.1) is 12.8 Å². The third-order valence-electron chi connectivity index (χ3n) is 4.15. The molecule has 0 heterocycles. The summed E-state index contributed by atoms with van der Waals surface area (Å²) in [5, 5.41) is 0. The van der Waals surface area contributed by atoms with E-state index in [0.29, 0.717) is 6.54 Å². The Hall–Kier alpha value is -1.02. The summed E-state index contributed by atoms with van der Waals surface area (Å²) in [5.74, 6) is 0.898. The van der Waals surface area contributed by atoms with Crippen LogP contribution < -0.4 is 10.6 Å². The Morgan fingerprint density at radius 2 is 2.00 bits per heavy atom. The molecular formula is C15H24N2. The van der Waals surface area contributed by atoms with Crippen LogP contribution in [-0.4, -0.2) is 19.1 Å². The van der Waals surface area contributed by atoms with Gasteiger partial charge in [0.25, 0.3) is 0 Å². The molecule has 0 aliphatic heterocycles. The van der Waals surface area contributed by atoms with Crippen LogP contribution in [0.4, 0.5) is 5.69 Å². The Bertz CT molecular complexity index is 384. The van der Waals surface area contributed by atoms with Gasteiger partial charge in [0.15, 0.2) is 0 Å². The maximum Gasteiger partial charge on any atom is 0.0495 e. The first-order valence-electron chi connectivity index (χ1n) is 6.56. The highest BCUT2D eigenvalue weighted by Crippen LogP contribution is 2.39. The Labute approximate surface area is 105 Å². The van der Waals surface area contributed by atoms with Crippen molar-refractivity contribution in [2.45, 2.75) is 38.6 Å². The molecule has 2 nitrogen and oxygen atoms in total. The minimum atomic E-state index is 0.0906. The smallest absolute Gasteiger partial charge is 0.0495 e. The Morgan fingerprint density at radius 1 is 1.35 bits per heavy atom. The van der Waals surface area contributed by atoms with Crippen molar-refractivity contribution < 1.29 is 0 Å². The summed E-state index contributed by atoms with van der Waals surface area (Å²) in [5.41, 5.74) is 8.75. The van der Waals surface area contributed by atoms with Gasteiger partial charge in [-0.2, -0.15) is 0 Å². The monoisotopic (exact) mass is 232 g/mol. The lowest BCUT2D eigenvalue weighted by molar-refractivity contribution is 0.396. The molecule has 0 spiro atoms. The average molecular weight is 232 g/mol. The summed E-state index contributed by atoms with van der Waals surface area (Å²) in [6, 6.07) is 8.55. The molecule has 1 aliphatic carbocycles. The number of hydrogen-bond acceptors (Lipinski definition) is 2. The first kappa shape index (κ1) is 12.4. The third-order valence-corrected chi connectivity index (χ3v) is 4.15. The van der Waals surface area contributed by atoms with Crippen molar-refractivity contribution >= 4 is 5.69 Å². The van der Waals surface area contributed by atoms with Crippen LogP contribution in [0.5, 0.6) is 0 Å². The number of anilines is 1. The van der Waals surface area contributed by atoms with Crippen molar-refractivity contribution in [3.63, 3.8) is 0 Å². The van der Waals surface area contributed by atoms with Crippen LogP contribution in [0.2, 0.25) is 0 Å². The average Bonchev–Trinajstić information content (AvgIpc) is 3.12. The highest BCUT2D eigenvalue weighted by Gasteiger charge is 2.35. The van der Waals surface area contributed by atoms with Gasteiger partial charge in [-0.25, -0.2) is 0 Å². The molecule has 0 saturated heterocycles. The second kappa shape index (κ2) is 4.69. The van der Waals surface area contributed by atoms with E-state index in [4.69, 9.17) is 5.73 Å². The van der Waals surface area contributed by atoms with Gasteiger partial charge in [-0.1, -0.05) is 31.0 Å². The summed E-state index contributed by atoms with van der Waals surface area (Å²) in [6.45, 7) is 5.17. The van der Waals surface area contributed by atoms with E-state index in [1.54, 1.807) is 0 Å². The van der Waals surface area contributed by atoms with E-state index in [1.807, 2.05) is 0 Å². The lowest BCUT2D eigenvalue weighted by Crippen LogP contribution is -2.50. The van der Waals surface area contributed by atoms with E-state index in [9.17, 15) is 0 Å². The van der Waals surface area contributed by atoms with Gasteiger partial charge >= 0.3 is 0 Å². The predicted octanol–water partition coefficient (Wildman–Crippen LogP) is 2.95. The second-order valence-electron chi connectivity index (χ2n) is 5.69. The molecule has 1 saturated carbocycles. The first-order chi connectivity index (χ1) is 8.07. The summed E-state index contributed by atoms with van der Waals surface area (Å²) in [6.07, 6.45) is 3.99. The van der Waals surface area contributed by atoms with Crippen LogP contribution in [-0.2, 0) is 0 Å². The zero-order valence-corrected chi connectivity index (χ0v) is 11.2. The normalized spacial score (nSPS) is 18.8. The van der Waals surface area contributed by atoms with Crippen molar-refractivity contribution in [3.8, 4) is 0 Å². The summed E-state index contributed by atoms with van der Waals surface area (Å²) < 4.78 is 0. The van der Waals surface area contributed by atoms with Gasteiger partial charge in [0.05, 0.1) is 0 Å². The molecule has 94 valence electrons. The van der Waals surface area contributed by atoms with Gasteiger partial charge in [0, 0.05) is 24.8 Å². The second-order valence-corrected chi connectivity index (χ2v) is 5.69. The van der Waals surface area contributed by atoms with Crippen molar-refractivity contribution in [3.05, 3.63) is 29.8 Å².